The van der Waals surface area contributed by atoms with Crippen molar-refractivity contribution in [2.45, 2.75) is 12.8 Å². The molecule has 1 aliphatic rings. The van der Waals surface area contributed by atoms with Gasteiger partial charge in [0.05, 0.1) is 12.0 Å². The van der Waals surface area contributed by atoms with E-state index >= 15 is 0 Å². The standard InChI is InChI=1S/C24H21N3O3S3/c1-30-18-9-7-17(8-10-18)14-20-22(29)27(24(31)33-20)12-11-21(28)26-23-25-15-19(32-23)13-16-5-3-2-4-6-16/h2-10,14-15H,11-13H2,1H3,(H,25,26,28). The first-order valence-electron chi connectivity index (χ1n) is 10.2. The molecule has 2 heterocycles. The van der Waals surface area contributed by atoms with Crippen molar-refractivity contribution in [1.82, 2.24) is 9.88 Å². The zero-order chi connectivity index (χ0) is 23.2. The molecule has 2 amide bonds. The van der Waals surface area contributed by atoms with Gasteiger partial charge in [0.25, 0.3) is 5.91 Å². The van der Waals surface area contributed by atoms with Gasteiger partial charge in [0.2, 0.25) is 5.91 Å². The number of hydrogen-bond donors (Lipinski definition) is 1. The van der Waals surface area contributed by atoms with Gasteiger partial charge < -0.3 is 10.1 Å². The van der Waals surface area contributed by atoms with E-state index in [1.807, 2.05) is 42.5 Å². The summed E-state index contributed by atoms with van der Waals surface area (Å²) in [5.41, 5.74) is 2.07. The van der Waals surface area contributed by atoms with Gasteiger partial charge in [-0.15, -0.1) is 11.3 Å². The van der Waals surface area contributed by atoms with E-state index in [-0.39, 0.29) is 24.8 Å². The summed E-state index contributed by atoms with van der Waals surface area (Å²) >= 11 is 8.05. The predicted octanol–water partition coefficient (Wildman–Crippen LogP) is 4.97. The molecule has 9 heteroatoms. The Morgan fingerprint density at radius 2 is 1.94 bits per heavy atom. The molecule has 1 N–H and O–H groups in total. The number of amides is 2. The Labute approximate surface area is 205 Å². The van der Waals surface area contributed by atoms with Gasteiger partial charge in [0.15, 0.2) is 5.13 Å². The summed E-state index contributed by atoms with van der Waals surface area (Å²) in [5.74, 6) is 0.356. The van der Waals surface area contributed by atoms with Gasteiger partial charge in [0, 0.05) is 30.5 Å². The van der Waals surface area contributed by atoms with Crippen LogP contribution in [-0.2, 0) is 16.0 Å². The first-order chi connectivity index (χ1) is 16.0. The summed E-state index contributed by atoms with van der Waals surface area (Å²) in [7, 11) is 1.61. The fraction of sp³-hybridized carbons (Fsp3) is 0.167. The topological polar surface area (TPSA) is 71.5 Å². The molecule has 2 aromatic carbocycles. The maximum absolute atomic E-state index is 12.8. The molecule has 4 rings (SSSR count). The van der Waals surface area contributed by atoms with E-state index in [0.717, 1.165) is 22.6 Å². The second-order valence-electron chi connectivity index (χ2n) is 7.20. The molecule has 168 valence electrons. The molecule has 0 aliphatic carbocycles. The van der Waals surface area contributed by atoms with Crippen molar-refractivity contribution in [2.75, 3.05) is 19.0 Å². The molecule has 1 aliphatic heterocycles. The number of carbonyl (C=O) groups is 2. The number of ether oxygens (including phenoxy) is 1. The van der Waals surface area contributed by atoms with Crippen LogP contribution in [0.2, 0.25) is 0 Å². The van der Waals surface area contributed by atoms with Crippen LogP contribution in [0.15, 0.2) is 65.7 Å². The van der Waals surface area contributed by atoms with Crippen molar-refractivity contribution in [1.29, 1.82) is 0 Å². The minimum Gasteiger partial charge on any atom is -0.497 e. The summed E-state index contributed by atoms with van der Waals surface area (Å²) in [6, 6.07) is 17.5. The molecule has 0 saturated carbocycles. The number of nitrogens with one attached hydrogen (secondary N) is 1. The molecule has 33 heavy (non-hydrogen) atoms. The zero-order valence-corrected chi connectivity index (χ0v) is 20.3. The van der Waals surface area contributed by atoms with Gasteiger partial charge in [0.1, 0.15) is 10.1 Å². The number of aromatic nitrogens is 1. The average molecular weight is 496 g/mol. The lowest BCUT2D eigenvalue weighted by Crippen LogP contribution is -2.31. The largest absolute Gasteiger partial charge is 0.497 e. The Morgan fingerprint density at radius 3 is 2.67 bits per heavy atom. The summed E-state index contributed by atoms with van der Waals surface area (Å²) < 4.78 is 5.61. The van der Waals surface area contributed by atoms with E-state index in [1.165, 1.54) is 33.6 Å². The predicted molar refractivity (Wildman–Crippen MR) is 137 cm³/mol. The van der Waals surface area contributed by atoms with Crippen LogP contribution in [0.25, 0.3) is 6.08 Å². The van der Waals surface area contributed by atoms with E-state index in [1.54, 1.807) is 19.4 Å². The smallest absolute Gasteiger partial charge is 0.266 e. The SMILES string of the molecule is COc1ccc(C=C2SC(=S)N(CCC(=O)Nc3ncc(Cc4ccccc4)s3)C2=O)cc1. The quantitative estimate of drug-likeness (QED) is 0.351. The highest BCUT2D eigenvalue weighted by Crippen LogP contribution is 2.33. The van der Waals surface area contributed by atoms with Gasteiger partial charge in [-0.3, -0.25) is 14.5 Å². The highest BCUT2D eigenvalue weighted by molar-refractivity contribution is 8.26. The van der Waals surface area contributed by atoms with Crippen LogP contribution in [0.3, 0.4) is 0 Å². The number of benzene rings is 2. The normalized spacial score (nSPS) is 14.7. The first kappa shape index (κ1) is 23.2. The van der Waals surface area contributed by atoms with Gasteiger partial charge >= 0.3 is 0 Å². The Balaban J connectivity index is 1.30. The van der Waals surface area contributed by atoms with Crippen LogP contribution in [0.1, 0.15) is 22.4 Å². The number of anilines is 1. The van der Waals surface area contributed by atoms with Crippen molar-refractivity contribution < 1.29 is 14.3 Å². The van der Waals surface area contributed by atoms with E-state index in [2.05, 4.69) is 22.4 Å². The third-order valence-electron chi connectivity index (χ3n) is 4.87. The Hall–Kier alpha value is -3.01. The van der Waals surface area contributed by atoms with Crippen molar-refractivity contribution in [3.8, 4) is 5.75 Å². The lowest BCUT2D eigenvalue weighted by Gasteiger charge is -2.13. The van der Waals surface area contributed by atoms with Crippen molar-refractivity contribution in [3.05, 3.63) is 81.7 Å². The van der Waals surface area contributed by atoms with E-state index in [9.17, 15) is 9.59 Å². The van der Waals surface area contributed by atoms with Gasteiger partial charge in [-0.05, 0) is 29.3 Å². The number of thiocarbonyl (C=S) groups is 1. The molecule has 1 saturated heterocycles. The zero-order valence-electron chi connectivity index (χ0n) is 17.8. The molecule has 0 atom stereocenters. The van der Waals surface area contributed by atoms with E-state index in [4.69, 9.17) is 17.0 Å². The Morgan fingerprint density at radius 1 is 1.18 bits per heavy atom. The lowest BCUT2D eigenvalue weighted by molar-refractivity contribution is -0.122. The maximum atomic E-state index is 12.8. The van der Waals surface area contributed by atoms with Gasteiger partial charge in [-0.25, -0.2) is 4.98 Å². The number of nitrogens with zero attached hydrogens (tertiary/aromatic N) is 2. The number of thiazole rings is 1. The molecule has 0 unspecified atom stereocenters. The van der Waals surface area contributed by atoms with Gasteiger partial charge in [-0.2, -0.15) is 0 Å². The lowest BCUT2D eigenvalue weighted by atomic mass is 10.1. The number of methoxy groups -OCH3 is 1. The highest BCUT2D eigenvalue weighted by atomic mass is 32.2. The minimum atomic E-state index is -0.205. The second kappa shape index (κ2) is 10.7. The first-order valence-corrected chi connectivity index (χ1v) is 12.2. The van der Waals surface area contributed by atoms with Crippen molar-refractivity contribution in [2.24, 2.45) is 0 Å². The number of thioether (sulfide) groups is 1. The molecule has 0 bridgehead atoms. The number of rotatable bonds is 8. The molecule has 0 spiro atoms. The molecule has 6 nitrogen and oxygen atoms in total. The molecular formula is C24H21N3O3S3. The summed E-state index contributed by atoms with van der Waals surface area (Å²) in [6.07, 6.45) is 4.48. The fourth-order valence-electron chi connectivity index (χ4n) is 3.18. The minimum absolute atomic E-state index is 0.135. The van der Waals surface area contributed by atoms with Crippen LogP contribution in [-0.4, -0.2) is 39.7 Å². The fourth-order valence-corrected chi connectivity index (χ4v) is 5.35. The number of carbonyl (C=O) groups excluding carboxylic acids is 2. The third kappa shape index (κ3) is 6.07. The second-order valence-corrected chi connectivity index (χ2v) is 9.99. The summed E-state index contributed by atoms with van der Waals surface area (Å²) in [6.45, 7) is 0.221. The van der Waals surface area contributed by atoms with Crippen molar-refractivity contribution >= 4 is 62.7 Å². The van der Waals surface area contributed by atoms with Gasteiger partial charge in [-0.1, -0.05) is 66.4 Å². The van der Waals surface area contributed by atoms with E-state index < -0.39 is 0 Å². The van der Waals surface area contributed by atoms with Crippen LogP contribution in [0.4, 0.5) is 5.13 Å². The Kier molecular flexibility index (Phi) is 7.54. The monoisotopic (exact) mass is 495 g/mol. The van der Waals surface area contributed by atoms with E-state index in [0.29, 0.717) is 14.4 Å². The van der Waals surface area contributed by atoms with Crippen molar-refractivity contribution in [3.63, 3.8) is 0 Å². The van der Waals surface area contributed by atoms with Crippen LogP contribution in [0, 0.1) is 0 Å². The van der Waals surface area contributed by atoms with Crippen LogP contribution < -0.4 is 10.1 Å². The molecule has 0 radical (unpaired) electrons. The molecule has 1 fully saturated rings. The molecular weight excluding hydrogens is 474 g/mol. The van der Waals surface area contributed by atoms with Crippen LogP contribution in [0.5, 0.6) is 5.75 Å². The third-order valence-corrected chi connectivity index (χ3v) is 7.16. The summed E-state index contributed by atoms with van der Waals surface area (Å²) in [4.78, 5) is 32.6. The highest BCUT2D eigenvalue weighted by Gasteiger charge is 2.32. The Bertz CT molecular complexity index is 1190. The average Bonchev–Trinajstić information content (AvgIpc) is 3.36. The maximum Gasteiger partial charge on any atom is 0.266 e. The molecule has 1 aromatic heterocycles. The van der Waals surface area contributed by atoms with Crippen LogP contribution >= 0.6 is 35.3 Å². The summed E-state index contributed by atoms with van der Waals surface area (Å²) in [5, 5.41) is 3.37. The molecule has 3 aromatic rings. The number of hydrogen-bond acceptors (Lipinski definition) is 7.